The zero-order valence-corrected chi connectivity index (χ0v) is 19.5. The Kier molecular flexibility index (Phi) is 5.74. The van der Waals surface area contributed by atoms with Gasteiger partial charge < -0.3 is 4.42 Å². The van der Waals surface area contributed by atoms with Crippen molar-refractivity contribution in [2.24, 2.45) is 0 Å². The summed E-state index contributed by atoms with van der Waals surface area (Å²) in [6, 6.07) is 17.1. The highest BCUT2D eigenvalue weighted by Gasteiger charge is 2.18. The van der Waals surface area contributed by atoms with E-state index in [1.807, 2.05) is 47.9 Å². The number of fused-ring (bicyclic) bond motifs is 1. The lowest BCUT2D eigenvalue weighted by Gasteiger charge is -2.13. The van der Waals surface area contributed by atoms with Gasteiger partial charge in [0.15, 0.2) is 11.0 Å². The standard InChI is InChI=1S/C25H19ClN4O2S/c1-15-5-3-4-6-21(15)30-24(17-7-9-27-10-8-17)28-29-25(30)33-14-18-12-23(31)32-22-11-16(2)20(26)13-19(18)22/h3-13H,14H2,1-2H3. The van der Waals surface area contributed by atoms with Gasteiger partial charge in [-0.1, -0.05) is 41.6 Å². The summed E-state index contributed by atoms with van der Waals surface area (Å²) in [6.07, 6.45) is 3.47. The first-order valence-corrected chi connectivity index (χ1v) is 11.6. The van der Waals surface area contributed by atoms with Crippen molar-refractivity contribution < 1.29 is 4.42 Å². The van der Waals surface area contributed by atoms with Crippen LogP contribution >= 0.6 is 23.4 Å². The van der Waals surface area contributed by atoms with Gasteiger partial charge >= 0.3 is 5.63 Å². The van der Waals surface area contributed by atoms with E-state index in [4.69, 9.17) is 16.0 Å². The summed E-state index contributed by atoms with van der Waals surface area (Å²) >= 11 is 7.86. The molecule has 164 valence electrons. The molecule has 0 aliphatic rings. The van der Waals surface area contributed by atoms with Crippen LogP contribution in [-0.4, -0.2) is 19.7 Å². The van der Waals surface area contributed by atoms with Gasteiger partial charge in [0.05, 0.1) is 5.69 Å². The molecule has 0 saturated heterocycles. The molecule has 0 saturated carbocycles. The minimum Gasteiger partial charge on any atom is -0.423 e. The van der Waals surface area contributed by atoms with Crippen LogP contribution in [0.2, 0.25) is 5.02 Å². The predicted octanol–water partition coefficient (Wildman–Crippen LogP) is 6.00. The van der Waals surface area contributed by atoms with E-state index in [1.54, 1.807) is 18.5 Å². The molecule has 2 aromatic carbocycles. The Morgan fingerprint density at radius 2 is 1.79 bits per heavy atom. The SMILES string of the molecule is Cc1cc2oc(=O)cc(CSc3nnc(-c4ccncc4)n3-c3ccccc3C)c2cc1Cl. The minimum absolute atomic E-state index is 0.391. The predicted molar refractivity (Wildman–Crippen MR) is 131 cm³/mol. The molecule has 0 unspecified atom stereocenters. The molecule has 0 amide bonds. The number of halogens is 1. The maximum Gasteiger partial charge on any atom is 0.336 e. The number of benzene rings is 2. The van der Waals surface area contributed by atoms with Crippen LogP contribution in [0.25, 0.3) is 28.0 Å². The van der Waals surface area contributed by atoms with Crippen molar-refractivity contribution in [3.8, 4) is 17.1 Å². The molecular formula is C25H19ClN4O2S. The van der Waals surface area contributed by atoms with Gasteiger partial charge in [0.2, 0.25) is 0 Å². The highest BCUT2D eigenvalue weighted by Crippen LogP contribution is 2.33. The molecule has 0 aliphatic heterocycles. The Bertz CT molecular complexity index is 1530. The van der Waals surface area contributed by atoms with Crippen LogP contribution in [0.3, 0.4) is 0 Å². The van der Waals surface area contributed by atoms with Crippen LogP contribution in [0.15, 0.2) is 81.4 Å². The molecule has 0 radical (unpaired) electrons. The lowest BCUT2D eigenvalue weighted by atomic mass is 10.1. The van der Waals surface area contributed by atoms with Crippen molar-refractivity contribution in [3.63, 3.8) is 0 Å². The number of rotatable bonds is 5. The monoisotopic (exact) mass is 474 g/mol. The van der Waals surface area contributed by atoms with Crippen LogP contribution < -0.4 is 5.63 Å². The maximum atomic E-state index is 12.2. The van der Waals surface area contributed by atoms with Crippen molar-refractivity contribution in [2.75, 3.05) is 0 Å². The van der Waals surface area contributed by atoms with Crippen LogP contribution in [0, 0.1) is 13.8 Å². The molecular weight excluding hydrogens is 456 g/mol. The van der Waals surface area contributed by atoms with Gasteiger partial charge in [0.1, 0.15) is 5.58 Å². The van der Waals surface area contributed by atoms with Gasteiger partial charge in [0, 0.05) is 40.2 Å². The number of para-hydroxylation sites is 1. The van der Waals surface area contributed by atoms with Gasteiger partial charge in [0.25, 0.3) is 0 Å². The zero-order valence-electron chi connectivity index (χ0n) is 17.9. The first-order chi connectivity index (χ1) is 16.0. The minimum atomic E-state index is -0.391. The molecule has 0 spiro atoms. The summed E-state index contributed by atoms with van der Waals surface area (Å²) in [5.41, 5.74) is 4.84. The topological polar surface area (TPSA) is 73.8 Å². The number of aryl methyl sites for hydroxylation is 2. The number of nitrogens with zero attached hydrogens (tertiary/aromatic N) is 4. The van der Waals surface area contributed by atoms with E-state index in [0.29, 0.717) is 16.4 Å². The maximum absolute atomic E-state index is 12.2. The van der Waals surface area contributed by atoms with Crippen molar-refractivity contribution in [1.82, 2.24) is 19.7 Å². The Morgan fingerprint density at radius 3 is 2.58 bits per heavy atom. The molecule has 0 aliphatic carbocycles. The third-order valence-corrected chi connectivity index (χ3v) is 6.78. The van der Waals surface area contributed by atoms with Crippen LogP contribution in [0.5, 0.6) is 0 Å². The van der Waals surface area contributed by atoms with Crippen molar-refractivity contribution >= 4 is 34.3 Å². The summed E-state index contributed by atoms with van der Waals surface area (Å²) in [7, 11) is 0. The molecule has 0 N–H and O–H groups in total. The summed E-state index contributed by atoms with van der Waals surface area (Å²) in [6.45, 7) is 3.94. The van der Waals surface area contributed by atoms with E-state index in [9.17, 15) is 4.79 Å². The quantitative estimate of drug-likeness (QED) is 0.230. The molecule has 3 aromatic heterocycles. The lowest BCUT2D eigenvalue weighted by Crippen LogP contribution is -2.03. The third-order valence-electron chi connectivity index (χ3n) is 5.39. The highest BCUT2D eigenvalue weighted by atomic mass is 35.5. The fourth-order valence-electron chi connectivity index (χ4n) is 3.69. The van der Waals surface area contributed by atoms with Crippen molar-refractivity contribution in [1.29, 1.82) is 0 Å². The summed E-state index contributed by atoms with van der Waals surface area (Å²) in [4.78, 5) is 16.3. The second-order valence-electron chi connectivity index (χ2n) is 7.64. The highest BCUT2D eigenvalue weighted by molar-refractivity contribution is 7.98. The van der Waals surface area contributed by atoms with E-state index in [0.717, 1.165) is 44.3 Å². The molecule has 33 heavy (non-hydrogen) atoms. The number of aromatic nitrogens is 4. The number of hydrogen-bond acceptors (Lipinski definition) is 6. The number of thioether (sulfide) groups is 1. The number of pyridine rings is 1. The van der Waals surface area contributed by atoms with Crippen molar-refractivity contribution in [3.05, 3.63) is 99.1 Å². The molecule has 0 fully saturated rings. The second kappa shape index (κ2) is 8.84. The molecule has 0 atom stereocenters. The van der Waals surface area contributed by atoms with Crippen LogP contribution in [-0.2, 0) is 5.75 Å². The third kappa shape index (κ3) is 4.17. The molecule has 3 heterocycles. The van der Waals surface area contributed by atoms with Gasteiger partial charge in [-0.2, -0.15) is 0 Å². The normalized spacial score (nSPS) is 11.2. The average molecular weight is 475 g/mol. The Morgan fingerprint density at radius 1 is 1.00 bits per heavy atom. The molecule has 0 bridgehead atoms. The molecule has 5 rings (SSSR count). The average Bonchev–Trinajstić information content (AvgIpc) is 3.23. The van der Waals surface area contributed by atoms with E-state index < -0.39 is 5.63 Å². The Hall–Kier alpha value is -3.42. The first kappa shape index (κ1) is 21.4. The van der Waals surface area contributed by atoms with Gasteiger partial charge in [-0.15, -0.1) is 10.2 Å². The zero-order chi connectivity index (χ0) is 22.9. The fraction of sp³-hybridized carbons (Fsp3) is 0.120. The largest absolute Gasteiger partial charge is 0.423 e. The fourth-order valence-corrected chi connectivity index (χ4v) is 4.79. The Labute approximate surface area is 199 Å². The summed E-state index contributed by atoms with van der Waals surface area (Å²) in [5, 5.41) is 11.1. The van der Waals surface area contributed by atoms with Gasteiger partial charge in [-0.3, -0.25) is 9.55 Å². The molecule has 6 nitrogen and oxygen atoms in total. The Balaban J connectivity index is 1.59. The summed E-state index contributed by atoms with van der Waals surface area (Å²) < 4.78 is 7.44. The van der Waals surface area contributed by atoms with E-state index in [1.165, 1.54) is 17.8 Å². The van der Waals surface area contributed by atoms with Crippen LogP contribution in [0.1, 0.15) is 16.7 Å². The van der Waals surface area contributed by atoms with E-state index in [2.05, 4.69) is 28.2 Å². The van der Waals surface area contributed by atoms with Gasteiger partial charge in [-0.05, 0) is 60.9 Å². The molecule has 8 heteroatoms. The number of hydrogen-bond donors (Lipinski definition) is 0. The van der Waals surface area contributed by atoms with Crippen molar-refractivity contribution in [2.45, 2.75) is 24.8 Å². The van der Waals surface area contributed by atoms with E-state index in [-0.39, 0.29) is 0 Å². The summed E-state index contributed by atoms with van der Waals surface area (Å²) in [5.74, 6) is 1.23. The van der Waals surface area contributed by atoms with Gasteiger partial charge in [-0.25, -0.2) is 4.79 Å². The molecule has 5 aromatic rings. The van der Waals surface area contributed by atoms with Crippen LogP contribution in [0.4, 0.5) is 0 Å². The lowest BCUT2D eigenvalue weighted by molar-refractivity contribution is 0.559. The second-order valence-corrected chi connectivity index (χ2v) is 8.99. The first-order valence-electron chi connectivity index (χ1n) is 10.3. The van der Waals surface area contributed by atoms with E-state index >= 15 is 0 Å². The smallest absolute Gasteiger partial charge is 0.336 e.